The Kier molecular flexibility index (Phi) is 5.09. The molecular formula is C11H21NO. The summed E-state index contributed by atoms with van der Waals surface area (Å²) in [7, 11) is 0. The van der Waals surface area contributed by atoms with Crippen molar-refractivity contribution in [2.75, 3.05) is 19.8 Å². The third-order valence-electron chi connectivity index (χ3n) is 2.38. The van der Waals surface area contributed by atoms with Crippen molar-refractivity contribution in [2.45, 2.75) is 38.6 Å². The fourth-order valence-corrected chi connectivity index (χ4v) is 1.71. The van der Waals surface area contributed by atoms with E-state index in [0.717, 1.165) is 24.8 Å². The maximum absolute atomic E-state index is 5.39. The minimum Gasteiger partial charge on any atom is -0.376 e. The van der Waals surface area contributed by atoms with Crippen molar-refractivity contribution < 1.29 is 4.74 Å². The number of hydrogen-bond acceptors (Lipinski definition) is 2. The van der Waals surface area contributed by atoms with Crippen molar-refractivity contribution in [3.63, 3.8) is 0 Å². The summed E-state index contributed by atoms with van der Waals surface area (Å²) in [6.07, 6.45) is 5.48. The SMILES string of the molecule is C=C(C)COCCNC1CCCC1. The van der Waals surface area contributed by atoms with E-state index in [9.17, 15) is 0 Å². The third-order valence-corrected chi connectivity index (χ3v) is 2.38. The highest BCUT2D eigenvalue weighted by Gasteiger charge is 2.12. The molecule has 0 amide bonds. The van der Waals surface area contributed by atoms with E-state index in [2.05, 4.69) is 11.9 Å². The molecule has 1 fully saturated rings. The van der Waals surface area contributed by atoms with Gasteiger partial charge in [-0.25, -0.2) is 0 Å². The average molecular weight is 183 g/mol. The molecule has 0 aromatic carbocycles. The van der Waals surface area contributed by atoms with E-state index in [1.165, 1.54) is 25.7 Å². The summed E-state index contributed by atoms with van der Waals surface area (Å²) in [5.41, 5.74) is 1.10. The zero-order chi connectivity index (χ0) is 9.52. The Hall–Kier alpha value is -0.340. The molecule has 1 aliphatic rings. The van der Waals surface area contributed by atoms with Gasteiger partial charge in [0.1, 0.15) is 0 Å². The van der Waals surface area contributed by atoms with Gasteiger partial charge >= 0.3 is 0 Å². The molecule has 0 aromatic rings. The van der Waals surface area contributed by atoms with E-state index in [1.807, 2.05) is 6.92 Å². The minimum atomic E-state index is 0.701. The second kappa shape index (κ2) is 6.17. The minimum absolute atomic E-state index is 0.701. The number of nitrogens with one attached hydrogen (secondary N) is 1. The van der Waals surface area contributed by atoms with Crippen LogP contribution in [0.1, 0.15) is 32.6 Å². The number of hydrogen-bond donors (Lipinski definition) is 1. The van der Waals surface area contributed by atoms with Crippen molar-refractivity contribution >= 4 is 0 Å². The molecule has 0 bridgehead atoms. The van der Waals surface area contributed by atoms with Gasteiger partial charge in [0.15, 0.2) is 0 Å². The fraction of sp³-hybridized carbons (Fsp3) is 0.818. The van der Waals surface area contributed by atoms with Crippen molar-refractivity contribution in [1.29, 1.82) is 0 Å². The molecule has 0 aliphatic heterocycles. The molecule has 1 rings (SSSR count). The molecule has 0 spiro atoms. The van der Waals surface area contributed by atoms with Gasteiger partial charge in [-0.1, -0.05) is 25.0 Å². The normalized spacial score (nSPS) is 17.9. The summed E-state index contributed by atoms with van der Waals surface area (Å²) in [4.78, 5) is 0. The van der Waals surface area contributed by atoms with E-state index in [4.69, 9.17) is 4.74 Å². The van der Waals surface area contributed by atoms with Gasteiger partial charge < -0.3 is 10.1 Å². The largest absolute Gasteiger partial charge is 0.376 e. The van der Waals surface area contributed by atoms with Gasteiger partial charge in [0, 0.05) is 12.6 Å². The van der Waals surface area contributed by atoms with Crippen LogP contribution in [0, 0.1) is 0 Å². The van der Waals surface area contributed by atoms with Gasteiger partial charge in [0.05, 0.1) is 13.2 Å². The lowest BCUT2D eigenvalue weighted by atomic mass is 10.2. The predicted molar refractivity (Wildman–Crippen MR) is 55.9 cm³/mol. The van der Waals surface area contributed by atoms with Crippen LogP contribution in [0.2, 0.25) is 0 Å². The molecule has 0 atom stereocenters. The van der Waals surface area contributed by atoms with Gasteiger partial charge in [0.2, 0.25) is 0 Å². The summed E-state index contributed by atoms with van der Waals surface area (Å²) < 4.78 is 5.39. The van der Waals surface area contributed by atoms with Crippen LogP contribution in [0.4, 0.5) is 0 Å². The summed E-state index contributed by atoms with van der Waals surface area (Å²) >= 11 is 0. The topological polar surface area (TPSA) is 21.3 Å². The van der Waals surface area contributed by atoms with E-state index in [0.29, 0.717) is 6.61 Å². The first-order valence-electron chi connectivity index (χ1n) is 5.24. The summed E-state index contributed by atoms with van der Waals surface area (Å²) in [6.45, 7) is 8.27. The van der Waals surface area contributed by atoms with Gasteiger partial charge in [-0.05, 0) is 19.8 Å². The molecule has 0 radical (unpaired) electrons. The monoisotopic (exact) mass is 183 g/mol. The van der Waals surface area contributed by atoms with Crippen molar-refractivity contribution in [3.05, 3.63) is 12.2 Å². The Morgan fingerprint density at radius 3 is 2.77 bits per heavy atom. The zero-order valence-corrected chi connectivity index (χ0v) is 8.64. The quantitative estimate of drug-likeness (QED) is 0.503. The highest BCUT2D eigenvalue weighted by atomic mass is 16.5. The predicted octanol–water partition coefficient (Wildman–Crippen LogP) is 2.11. The van der Waals surface area contributed by atoms with Crippen LogP contribution in [0.3, 0.4) is 0 Å². The molecule has 1 saturated carbocycles. The molecule has 2 heteroatoms. The molecule has 1 N–H and O–H groups in total. The maximum Gasteiger partial charge on any atom is 0.0672 e. The Bertz CT molecular complexity index is 150. The fourth-order valence-electron chi connectivity index (χ4n) is 1.71. The molecule has 0 heterocycles. The highest BCUT2D eigenvalue weighted by Crippen LogP contribution is 2.17. The Morgan fingerprint density at radius 1 is 1.46 bits per heavy atom. The Labute approximate surface area is 81.4 Å². The summed E-state index contributed by atoms with van der Waals surface area (Å²) in [6, 6.07) is 0.758. The van der Waals surface area contributed by atoms with Crippen molar-refractivity contribution in [2.24, 2.45) is 0 Å². The van der Waals surface area contributed by atoms with Crippen LogP contribution in [0.15, 0.2) is 12.2 Å². The molecule has 0 unspecified atom stereocenters. The lowest BCUT2D eigenvalue weighted by Gasteiger charge is -2.11. The lowest BCUT2D eigenvalue weighted by molar-refractivity contribution is 0.155. The average Bonchev–Trinajstić information content (AvgIpc) is 2.55. The summed E-state index contributed by atoms with van der Waals surface area (Å²) in [5, 5.41) is 3.50. The lowest BCUT2D eigenvalue weighted by Crippen LogP contribution is -2.29. The van der Waals surface area contributed by atoms with Crippen LogP contribution in [0.5, 0.6) is 0 Å². The van der Waals surface area contributed by atoms with Crippen molar-refractivity contribution in [1.82, 2.24) is 5.32 Å². The van der Waals surface area contributed by atoms with E-state index in [-0.39, 0.29) is 0 Å². The van der Waals surface area contributed by atoms with Crippen LogP contribution >= 0.6 is 0 Å². The van der Waals surface area contributed by atoms with E-state index >= 15 is 0 Å². The van der Waals surface area contributed by atoms with Crippen LogP contribution < -0.4 is 5.32 Å². The van der Waals surface area contributed by atoms with Crippen LogP contribution in [-0.2, 0) is 4.74 Å². The first-order valence-corrected chi connectivity index (χ1v) is 5.24. The van der Waals surface area contributed by atoms with E-state index < -0.39 is 0 Å². The molecule has 13 heavy (non-hydrogen) atoms. The van der Waals surface area contributed by atoms with Gasteiger partial charge in [-0.2, -0.15) is 0 Å². The van der Waals surface area contributed by atoms with Gasteiger partial charge in [-0.3, -0.25) is 0 Å². The highest BCUT2D eigenvalue weighted by molar-refractivity contribution is 4.87. The van der Waals surface area contributed by atoms with Crippen molar-refractivity contribution in [3.8, 4) is 0 Å². The standard InChI is InChI=1S/C11H21NO/c1-10(2)9-13-8-7-12-11-5-3-4-6-11/h11-12H,1,3-9H2,2H3. The van der Waals surface area contributed by atoms with Gasteiger partial charge in [-0.15, -0.1) is 0 Å². The molecule has 1 aliphatic carbocycles. The third kappa shape index (κ3) is 5.06. The molecule has 0 aromatic heterocycles. The maximum atomic E-state index is 5.39. The smallest absolute Gasteiger partial charge is 0.0672 e. The van der Waals surface area contributed by atoms with Crippen LogP contribution in [0.25, 0.3) is 0 Å². The first kappa shape index (κ1) is 10.7. The second-order valence-electron chi connectivity index (χ2n) is 3.95. The zero-order valence-electron chi connectivity index (χ0n) is 8.64. The molecule has 2 nitrogen and oxygen atoms in total. The van der Waals surface area contributed by atoms with Gasteiger partial charge in [0.25, 0.3) is 0 Å². The molecule has 0 saturated heterocycles. The van der Waals surface area contributed by atoms with E-state index in [1.54, 1.807) is 0 Å². The number of ether oxygens (including phenoxy) is 1. The Balaban J connectivity index is 1.86. The Morgan fingerprint density at radius 2 is 2.15 bits per heavy atom. The number of rotatable bonds is 6. The van der Waals surface area contributed by atoms with Crippen LogP contribution in [-0.4, -0.2) is 25.8 Å². The molecular weight excluding hydrogens is 162 g/mol. The summed E-state index contributed by atoms with van der Waals surface area (Å²) in [5.74, 6) is 0. The molecule has 76 valence electrons. The first-order chi connectivity index (χ1) is 6.29. The second-order valence-corrected chi connectivity index (χ2v) is 3.95.